The summed E-state index contributed by atoms with van der Waals surface area (Å²) in [5.74, 6) is -2.28. The molecule has 118 valence electrons. The van der Waals surface area contributed by atoms with Crippen LogP contribution < -0.4 is 4.74 Å². The smallest absolute Gasteiger partial charge is 0.164 e. The van der Waals surface area contributed by atoms with Gasteiger partial charge in [0, 0.05) is 24.5 Å². The number of ether oxygens (including phenoxy) is 1. The zero-order valence-electron chi connectivity index (χ0n) is 12.7. The molecule has 6 heteroatoms. The Morgan fingerprint density at radius 1 is 1.23 bits per heavy atom. The van der Waals surface area contributed by atoms with Gasteiger partial charge in [0.2, 0.25) is 0 Å². The highest BCUT2D eigenvalue weighted by molar-refractivity contribution is 6.17. The molecule has 1 aliphatic rings. The summed E-state index contributed by atoms with van der Waals surface area (Å²) in [4.78, 5) is 36.7. The summed E-state index contributed by atoms with van der Waals surface area (Å²) < 4.78 is 4.96. The number of aromatic hydroxyl groups is 2. The number of ketones is 3. The lowest BCUT2D eigenvalue weighted by molar-refractivity contribution is -0.137. The van der Waals surface area contributed by atoms with Crippen molar-refractivity contribution in [2.75, 3.05) is 7.11 Å². The average Bonchev–Trinajstić information content (AvgIpc) is 2.45. The van der Waals surface area contributed by atoms with Crippen LogP contribution in [0.4, 0.5) is 0 Å². The molecule has 0 heterocycles. The number of phenols is 2. The molecule has 6 nitrogen and oxygen atoms in total. The summed E-state index contributed by atoms with van der Waals surface area (Å²) in [5, 5.41) is 20.5. The van der Waals surface area contributed by atoms with Crippen LogP contribution in [0, 0.1) is 0 Å². The van der Waals surface area contributed by atoms with Crippen molar-refractivity contribution in [3.8, 4) is 17.2 Å². The van der Waals surface area contributed by atoms with Crippen LogP contribution in [0.2, 0.25) is 0 Å². The summed E-state index contributed by atoms with van der Waals surface area (Å²) in [6.45, 7) is 2.59. The Hall–Kier alpha value is -2.37. The molecule has 0 amide bonds. The normalized spacial score (nSPS) is 17.4. The van der Waals surface area contributed by atoms with E-state index in [0.717, 1.165) is 6.07 Å². The van der Waals surface area contributed by atoms with Crippen molar-refractivity contribution in [3.63, 3.8) is 0 Å². The topological polar surface area (TPSA) is 101 Å². The predicted octanol–water partition coefficient (Wildman–Crippen LogP) is 1.89. The van der Waals surface area contributed by atoms with E-state index in [0.29, 0.717) is 6.42 Å². The van der Waals surface area contributed by atoms with Gasteiger partial charge in [0.1, 0.15) is 11.2 Å². The molecule has 0 bridgehead atoms. The lowest BCUT2D eigenvalue weighted by Crippen LogP contribution is -2.45. The highest BCUT2D eigenvalue weighted by Gasteiger charge is 2.48. The van der Waals surface area contributed by atoms with Crippen LogP contribution in [0.25, 0.3) is 0 Å². The summed E-state index contributed by atoms with van der Waals surface area (Å²) in [5.41, 5.74) is -2.04. The Kier molecular flexibility index (Phi) is 3.96. The Balaban J connectivity index is 2.88. The molecule has 0 saturated heterocycles. The molecule has 0 radical (unpaired) electrons. The zero-order chi connectivity index (χ0) is 16.7. The third kappa shape index (κ3) is 2.15. The van der Waals surface area contributed by atoms with Gasteiger partial charge in [0.25, 0.3) is 0 Å². The van der Waals surface area contributed by atoms with E-state index in [1.807, 2.05) is 0 Å². The fourth-order valence-electron chi connectivity index (χ4n) is 2.98. The number of phenolic OH excluding ortho intramolecular Hbond substituents is 2. The van der Waals surface area contributed by atoms with Gasteiger partial charge < -0.3 is 14.9 Å². The number of methoxy groups -OCH3 is 1. The van der Waals surface area contributed by atoms with E-state index in [1.165, 1.54) is 21.0 Å². The molecule has 1 fully saturated rings. The molecular formula is C16H18O6. The van der Waals surface area contributed by atoms with Crippen molar-refractivity contribution in [3.05, 3.63) is 17.2 Å². The Morgan fingerprint density at radius 2 is 1.77 bits per heavy atom. The van der Waals surface area contributed by atoms with Gasteiger partial charge in [-0.1, -0.05) is 0 Å². The summed E-state index contributed by atoms with van der Waals surface area (Å²) >= 11 is 0. The first-order chi connectivity index (χ1) is 10.2. The molecule has 2 rings (SSSR count). The Labute approximate surface area is 127 Å². The fraction of sp³-hybridized carbons (Fsp3) is 0.438. The van der Waals surface area contributed by atoms with Crippen LogP contribution in [0.5, 0.6) is 17.2 Å². The van der Waals surface area contributed by atoms with Crippen LogP contribution in [0.1, 0.15) is 49.0 Å². The molecule has 2 N–H and O–H groups in total. The molecule has 0 aromatic heterocycles. The lowest BCUT2D eigenvalue weighted by atomic mass is 9.67. The number of benzene rings is 1. The van der Waals surface area contributed by atoms with Crippen LogP contribution in [0.15, 0.2) is 6.07 Å². The number of rotatable bonds is 3. The maximum Gasteiger partial charge on any atom is 0.164 e. The first kappa shape index (κ1) is 16.0. The number of carbonyl (C=O) groups is 3. The highest BCUT2D eigenvalue weighted by Crippen LogP contribution is 2.47. The minimum absolute atomic E-state index is 0.0927. The second kappa shape index (κ2) is 5.44. The van der Waals surface area contributed by atoms with Gasteiger partial charge in [-0.2, -0.15) is 0 Å². The first-order valence-electron chi connectivity index (χ1n) is 6.96. The van der Waals surface area contributed by atoms with E-state index in [9.17, 15) is 24.6 Å². The molecule has 0 atom stereocenters. The molecule has 1 aromatic carbocycles. The van der Waals surface area contributed by atoms with E-state index in [1.54, 1.807) is 0 Å². The summed E-state index contributed by atoms with van der Waals surface area (Å²) in [7, 11) is 1.28. The molecule has 1 saturated carbocycles. The SMILES string of the molecule is COc1cc(O)c(C(C)=O)c(C2(C)C(=O)CCCC2=O)c1O. The van der Waals surface area contributed by atoms with Crippen LogP contribution in [-0.4, -0.2) is 34.7 Å². The van der Waals surface area contributed by atoms with E-state index in [-0.39, 0.29) is 41.3 Å². The second-order valence-corrected chi connectivity index (χ2v) is 5.58. The molecule has 0 spiro atoms. The van der Waals surface area contributed by atoms with E-state index < -0.39 is 22.7 Å². The van der Waals surface area contributed by atoms with Crippen molar-refractivity contribution in [2.45, 2.75) is 38.5 Å². The zero-order valence-corrected chi connectivity index (χ0v) is 12.7. The number of hydrogen-bond acceptors (Lipinski definition) is 6. The molecule has 0 unspecified atom stereocenters. The van der Waals surface area contributed by atoms with Gasteiger partial charge in [0.15, 0.2) is 28.8 Å². The fourth-order valence-corrected chi connectivity index (χ4v) is 2.98. The van der Waals surface area contributed by atoms with Gasteiger partial charge in [0.05, 0.1) is 12.7 Å². The minimum Gasteiger partial charge on any atom is -0.507 e. The van der Waals surface area contributed by atoms with Crippen molar-refractivity contribution >= 4 is 17.3 Å². The average molecular weight is 306 g/mol. The number of hydrogen-bond donors (Lipinski definition) is 2. The molecule has 1 aromatic rings. The Morgan fingerprint density at radius 3 is 2.23 bits per heavy atom. The van der Waals surface area contributed by atoms with Crippen molar-refractivity contribution in [2.24, 2.45) is 0 Å². The second-order valence-electron chi connectivity index (χ2n) is 5.58. The largest absolute Gasteiger partial charge is 0.507 e. The molecule has 0 aliphatic heterocycles. The van der Waals surface area contributed by atoms with Crippen LogP contribution in [0.3, 0.4) is 0 Å². The molecule has 22 heavy (non-hydrogen) atoms. The van der Waals surface area contributed by atoms with Crippen LogP contribution >= 0.6 is 0 Å². The van der Waals surface area contributed by atoms with Gasteiger partial charge in [-0.25, -0.2) is 0 Å². The van der Waals surface area contributed by atoms with Crippen LogP contribution in [-0.2, 0) is 15.0 Å². The summed E-state index contributed by atoms with van der Waals surface area (Å²) in [6.07, 6.45) is 0.799. The maximum absolute atomic E-state index is 12.4. The van der Waals surface area contributed by atoms with Gasteiger partial charge in [-0.3, -0.25) is 14.4 Å². The molecule has 1 aliphatic carbocycles. The third-order valence-corrected chi connectivity index (χ3v) is 4.24. The number of Topliss-reactive ketones (excluding diaryl/α,β-unsaturated/α-hetero) is 3. The van der Waals surface area contributed by atoms with Gasteiger partial charge in [-0.05, 0) is 20.3 Å². The predicted molar refractivity (Wildman–Crippen MR) is 77.5 cm³/mol. The lowest BCUT2D eigenvalue weighted by Gasteiger charge is -2.33. The van der Waals surface area contributed by atoms with Gasteiger partial charge >= 0.3 is 0 Å². The van der Waals surface area contributed by atoms with Crippen molar-refractivity contribution < 1.29 is 29.3 Å². The Bertz CT molecular complexity index is 658. The monoisotopic (exact) mass is 306 g/mol. The highest BCUT2D eigenvalue weighted by atomic mass is 16.5. The van der Waals surface area contributed by atoms with Crippen molar-refractivity contribution in [1.29, 1.82) is 0 Å². The van der Waals surface area contributed by atoms with E-state index >= 15 is 0 Å². The molecular weight excluding hydrogens is 288 g/mol. The maximum atomic E-state index is 12.4. The quantitative estimate of drug-likeness (QED) is 0.502. The first-order valence-corrected chi connectivity index (χ1v) is 6.96. The van der Waals surface area contributed by atoms with E-state index in [2.05, 4.69) is 0 Å². The van der Waals surface area contributed by atoms with Gasteiger partial charge in [-0.15, -0.1) is 0 Å². The van der Waals surface area contributed by atoms with Crippen molar-refractivity contribution in [1.82, 2.24) is 0 Å². The minimum atomic E-state index is -1.66. The van der Waals surface area contributed by atoms with E-state index in [4.69, 9.17) is 4.74 Å². The standard InChI is InChI=1S/C16H18O6/c1-8(17)13-9(18)7-10(22-3)15(21)14(13)16(2)11(19)5-4-6-12(16)20/h7,18,21H,4-6H2,1-3H3. The summed E-state index contributed by atoms with van der Waals surface area (Å²) in [6, 6.07) is 1.09. The third-order valence-electron chi connectivity index (χ3n) is 4.24. The number of carbonyl (C=O) groups excluding carboxylic acids is 3.